The number of H-pyrrole nitrogens is 1. The highest BCUT2D eigenvalue weighted by molar-refractivity contribution is 6.01. The van der Waals surface area contributed by atoms with E-state index in [9.17, 15) is 14.7 Å². The number of hydrogen-bond acceptors (Lipinski definition) is 5. The van der Waals surface area contributed by atoms with Crippen LogP contribution in [-0.2, 0) is 17.8 Å². The summed E-state index contributed by atoms with van der Waals surface area (Å²) < 4.78 is 7.80. The van der Waals surface area contributed by atoms with Gasteiger partial charge in [-0.2, -0.15) is 5.10 Å². The molecule has 232 valence electrons. The number of nitrogens with zero attached hydrogens (tertiary/aromatic N) is 3. The first-order valence-corrected chi connectivity index (χ1v) is 15.8. The summed E-state index contributed by atoms with van der Waals surface area (Å²) in [4.78, 5) is 33.7. The predicted octanol–water partition coefficient (Wildman–Crippen LogP) is 6.93. The molecule has 9 heteroatoms. The van der Waals surface area contributed by atoms with Gasteiger partial charge in [-0.1, -0.05) is 79.9 Å². The zero-order chi connectivity index (χ0) is 31.5. The van der Waals surface area contributed by atoms with Gasteiger partial charge in [0.25, 0.3) is 5.91 Å². The average Bonchev–Trinajstić information content (AvgIpc) is 3.72. The van der Waals surface area contributed by atoms with Crippen LogP contribution in [0.5, 0.6) is 5.75 Å². The standard InChI is InChI=1S/C37H35N5O4/c43-36(41-33(37(44)45)19-27-20-38-32-14-8-7-13-29(27)32)31-22-40-42-34(26-11-5-2-6-12-26)30(21-39-35(31)42)25-15-17-28(18-16-25)46-23-24-9-3-1-4-10-24/h1,3-4,7-10,13-18,20-22,26,33,38H,2,5-6,11-12,19,23H2,(H,41,43)(H,44,45)/t33-/m0/s1. The Morgan fingerprint density at radius 2 is 1.72 bits per heavy atom. The van der Waals surface area contributed by atoms with E-state index in [-0.39, 0.29) is 17.9 Å². The molecule has 3 aromatic carbocycles. The minimum atomic E-state index is -1.12. The highest BCUT2D eigenvalue weighted by atomic mass is 16.5. The van der Waals surface area contributed by atoms with Crippen molar-refractivity contribution in [2.24, 2.45) is 0 Å². The largest absolute Gasteiger partial charge is 0.489 e. The zero-order valence-electron chi connectivity index (χ0n) is 25.4. The third-order valence-electron chi connectivity index (χ3n) is 8.92. The topological polar surface area (TPSA) is 122 Å². The van der Waals surface area contributed by atoms with E-state index >= 15 is 0 Å². The van der Waals surface area contributed by atoms with Gasteiger partial charge in [-0.3, -0.25) is 4.79 Å². The summed E-state index contributed by atoms with van der Waals surface area (Å²) in [6.07, 6.45) is 10.8. The van der Waals surface area contributed by atoms with Gasteiger partial charge in [-0.15, -0.1) is 0 Å². The van der Waals surface area contributed by atoms with E-state index in [1.807, 2.05) is 85.1 Å². The molecule has 3 N–H and O–H groups in total. The van der Waals surface area contributed by atoms with Gasteiger partial charge >= 0.3 is 5.97 Å². The fourth-order valence-corrected chi connectivity index (χ4v) is 6.53. The van der Waals surface area contributed by atoms with Crippen molar-refractivity contribution in [3.8, 4) is 16.9 Å². The van der Waals surface area contributed by atoms with E-state index in [1.165, 1.54) is 12.6 Å². The Kier molecular flexibility index (Phi) is 8.20. The molecular formula is C37H35N5O4. The molecule has 3 heterocycles. The van der Waals surface area contributed by atoms with E-state index in [4.69, 9.17) is 9.72 Å². The second kappa shape index (κ2) is 12.9. The number of carboxylic acids is 1. The van der Waals surface area contributed by atoms with Crippen LogP contribution in [-0.4, -0.2) is 42.6 Å². The van der Waals surface area contributed by atoms with Crippen LogP contribution in [0.25, 0.3) is 27.7 Å². The summed E-state index contributed by atoms with van der Waals surface area (Å²) in [5, 5.41) is 18.3. The summed E-state index contributed by atoms with van der Waals surface area (Å²) in [6.45, 7) is 0.490. The van der Waals surface area contributed by atoms with Gasteiger partial charge < -0.3 is 20.1 Å². The molecule has 0 bridgehead atoms. The first-order chi connectivity index (χ1) is 22.5. The number of amides is 1. The van der Waals surface area contributed by atoms with Gasteiger partial charge in [0, 0.05) is 41.2 Å². The maximum atomic E-state index is 13.6. The molecule has 0 saturated heterocycles. The van der Waals surface area contributed by atoms with Gasteiger partial charge in [0.05, 0.1) is 11.9 Å². The SMILES string of the molecule is O=C(N[C@@H](Cc1c[nH]c2ccccc12)C(=O)O)c1cnn2c(C3CCCCC3)c(-c3ccc(OCc4ccccc4)cc3)cnc12. The molecule has 1 amide bonds. The highest BCUT2D eigenvalue weighted by Crippen LogP contribution is 2.38. The van der Waals surface area contributed by atoms with E-state index in [1.54, 1.807) is 10.7 Å². The van der Waals surface area contributed by atoms with Crippen LogP contribution in [0.1, 0.15) is 65.2 Å². The quantitative estimate of drug-likeness (QED) is 0.154. The van der Waals surface area contributed by atoms with Crippen LogP contribution < -0.4 is 10.1 Å². The van der Waals surface area contributed by atoms with E-state index < -0.39 is 17.9 Å². The number of benzene rings is 3. The van der Waals surface area contributed by atoms with Crippen LogP contribution in [0, 0.1) is 0 Å². The first kappa shape index (κ1) is 29.3. The van der Waals surface area contributed by atoms with Crippen molar-refractivity contribution in [2.45, 2.75) is 57.1 Å². The second-order valence-corrected chi connectivity index (χ2v) is 11.9. The van der Waals surface area contributed by atoms with Crippen LogP contribution in [0.4, 0.5) is 0 Å². The van der Waals surface area contributed by atoms with E-state index in [0.29, 0.717) is 12.3 Å². The number of aromatic nitrogens is 4. The smallest absolute Gasteiger partial charge is 0.326 e. The maximum absolute atomic E-state index is 13.6. The Labute approximate surface area is 266 Å². The average molecular weight is 614 g/mol. The van der Waals surface area contributed by atoms with Crippen molar-refractivity contribution in [3.63, 3.8) is 0 Å². The molecule has 1 fully saturated rings. The van der Waals surface area contributed by atoms with Gasteiger partial charge in [-0.25, -0.2) is 14.3 Å². The lowest BCUT2D eigenvalue weighted by molar-refractivity contribution is -0.139. The van der Waals surface area contributed by atoms with Crippen molar-refractivity contribution in [3.05, 3.63) is 120 Å². The molecule has 46 heavy (non-hydrogen) atoms. The lowest BCUT2D eigenvalue weighted by Gasteiger charge is -2.25. The number of aliphatic carboxylic acids is 1. The number of hydrogen-bond donors (Lipinski definition) is 3. The zero-order valence-corrected chi connectivity index (χ0v) is 25.4. The minimum absolute atomic E-state index is 0.139. The third kappa shape index (κ3) is 5.96. The number of carbonyl (C=O) groups is 2. The molecule has 0 unspecified atom stereocenters. The van der Waals surface area contributed by atoms with Gasteiger partial charge in [0.1, 0.15) is 24.0 Å². The fraction of sp³-hybridized carbons (Fsp3) is 0.243. The number of fused-ring (bicyclic) bond motifs is 2. The van der Waals surface area contributed by atoms with Crippen molar-refractivity contribution in [2.75, 3.05) is 0 Å². The number of aromatic amines is 1. The van der Waals surface area contributed by atoms with Crippen LogP contribution in [0.2, 0.25) is 0 Å². The monoisotopic (exact) mass is 613 g/mol. The summed E-state index contributed by atoms with van der Waals surface area (Å²) in [7, 11) is 0. The van der Waals surface area contributed by atoms with Gasteiger partial charge in [0.15, 0.2) is 5.65 Å². The normalized spacial score (nSPS) is 14.3. The van der Waals surface area contributed by atoms with Gasteiger partial charge in [-0.05, 0) is 47.7 Å². The second-order valence-electron chi connectivity index (χ2n) is 11.9. The number of nitrogens with one attached hydrogen (secondary N) is 2. The lowest BCUT2D eigenvalue weighted by Crippen LogP contribution is -2.42. The van der Waals surface area contributed by atoms with Crippen molar-refractivity contribution >= 4 is 28.4 Å². The maximum Gasteiger partial charge on any atom is 0.326 e. The molecule has 0 aliphatic heterocycles. The molecule has 9 nitrogen and oxygen atoms in total. The molecule has 1 aliphatic rings. The molecule has 7 rings (SSSR count). The summed E-state index contributed by atoms with van der Waals surface area (Å²) >= 11 is 0. The lowest BCUT2D eigenvalue weighted by atomic mass is 9.84. The highest BCUT2D eigenvalue weighted by Gasteiger charge is 2.28. The number of para-hydroxylation sites is 1. The Bertz CT molecular complexity index is 1990. The van der Waals surface area contributed by atoms with Crippen LogP contribution in [0.3, 0.4) is 0 Å². The summed E-state index contributed by atoms with van der Waals surface area (Å²) in [5.74, 6) is -0.589. The molecule has 1 saturated carbocycles. The Hall–Kier alpha value is -5.44. The molecule has 0 radical (unpaired) electrons. The van der Waals surface area contributed by atoms with Gasteiger partial charge in [0.2, 0.25) is 0 Å². The Morgan fingerprint density at radius 1 is 0.957 bits per heavy atom. The number of carbonyl (C=O) groups excluding carboxylic acids is 1. The number of ether oxygens (including phenoxy) is 1. The number of rotatable bonds is 10. The fourth-order valence-electron chi connectivity index (χ4n) is 6.53. The molecule has 0 spiro atoms. The Morgan fingerprint density at radius 3 is 2.50 bits per heavy atom. The van der Waals surface area contributed by atoms with Crippen molar-refractivity contribution < 1.29 is 19.4 Å². The van der Waals surface area contributed by atoms with Crippen LogP contribution >= 0.6 is 0 Å². The Balaban J connectivity index is 1.17. The van der Waals surface area contributed by atoms with Crippen LogP contribution in [0.15, 0.2) is 97.5 Å². The molecule has 1 atom stereocenters. The minimum Gasteiger partial charge on any atom is -0.489 e. The third-order valence-corrected chi connectivity index (χ3v) is 8.92. The summed E-state index contributed by atoms with van der Waals surface area (Å²) in [6, 6.07) is 24.6. The van der Waals surface area contributed by atoms with E-state index in [0.717, 1.165) is 70.3 Å². The molecular weight excluding hydrogens is 578 g/mol. The predicted molar refractivity (Wildman–Crippen MR) is 176 cm³/mol. The number of carboxylic acid groups (broad SMARTS) is 1. The van der Waals surface area contributed by atoms with E-state index in [2.05, 4.69) is 15.4 Å². The molecule has 6 aromatic rings. The first-order valence-electron chi connectivity index (χ1n) is 15.8. The molecule has 3 aromatic heterocycles. The van der Waals surface area contributed by atoms with Crippen molar-refractivity contribution in [1.29, 1.82) is 0 Å². The van der Waals surface area contributed by atoms with Crippen molar-refractivity contribution in [1.82, 2.24) is 24.9 Å². The molecule has 1 aliphatic carbocycles. The summed E-state index contributed by atoms with van der Waals surface area (Å²) in [5.41, 5.74) is 6.49.